The predicted octanol–water partition coefficient (Wildman–Crippen LogP) is 2.05. The van der Waals surface area contributed by atoms with Gasteiger partial charge in [-0.1, -0.05) is 18.2 Å². The fourth-order valence-corrected chi connectivity index (χ4v) is 2.02. The normalized spacial score (nSPS) is 21.6. The highest BCUT2D eigenvalue weighted by molar-refractivity contribution is 5.31. The van der Waals surface area contributed by atoms with E-state index in [-0.39, 0.29) is 0 Å². The number of para-hydroxylation sites is 1. The third kappa shape index (κ3) is 3.22. The van der Waals surface area contributed by atoms with Crippen LogP contribution >= 0.6 is 0 Å². The Balaban J connectivity index is 1.84. The minimum atomic E-state index is 0.375. The van der Waals surface area contributed by atoms with E-state index in [4.69, 9.17) is 4.74 Å². The molecule has 3 nitrogen and oxygen atoms in total. The first-order valence-electron chi connectivity index (χ1n) is 5.94. The van der Waals surface area contributed by atoms with Crippen molar-refractivity contribution in [3.05, 3.63) is 29.8 Å². The second-order valence-corrected chi connectivity index (χ2v) is 4.25. The summed E-state index contributed by atoms with van der Waals surface area (Å²) < 4.78 is 5.41. The summed E-state index contributed by atoms with van der Waals surface area (Å²) in [5.74, 6) is 0.375. The second kappa shape index (κ2) is 5.87. The Labute approximate surface area is 96.4 Å². The number of phenolic OH excluding ortho intramolecular Hbond substituents is 1. The van der Waals surface area contributed by atoms with E-state index in [1.807, 2.05) is 18.2 Å². The zero-order valence-electron chi connectivity index (χ0n) is 9.48. The van der Waals surface area contributed by atoms with Gasteiger partial charge in [0.15, 0.2) is 0 Å². The molecule has 1 aliphatic rings. The summed E-state index contributed by atoms with van der Waals surface area (Å²) in [6.45, 7) is 2.46. The first-order chi connectivity index (χ1) is 7.86. The molecular formula is C13H19NO2. The lowest BCUT2D eigenvalue weighted by Gasteiger charge is -2.15. The maximum Gasteiger partial charge on any atom is 0.120 e. The summed E-state index contributed by atoms with van der Waals surface area (Å²) in [7, 11) is 0. The summed E-state index contributed by atoms with van der Waals surface area (Å²) in [6, 6.07) is 8.00. The van der Waals surface area contributed by atoms with Gasteiger partial charge in [-0.3, -0.25) is 0 Å². The maximum atomic E-state index is 9.63. The van der Waals surface area contributed by atoms with Gasteiger partial charge in [0.2, 0.25) is 0 Å². The molecule has 16 heavy (non-hydrogen) atoms. The van der Waals surface area contributed by atoms with Gasteiger partial charge in [0.05, 0.1) is 0 Å². The van der Waals surface area contributed by atoms with Crippen LogP contribution in [0.15, 0.2) is 24.3 Å². The molecule has 1 saturated heterocycles. The SMILES string of the molecule is Oc1ccccc1CNC1CCCOCC1. The van der Waals surface area contributed by atoms with Crippen molar-refractivity contribution in [1.82, 2.24) is 5.32 Å². The van der Waals surface area contributed by atoms with Crippen molar-refractivity contribution in [3.8, 4) is 5.75 Å². The standard InChI is InChI=1S/C13H19NO2/c15-13-6-2-1-4-11(13)10-14-12-5-3-8-16-9-7-12/h1-2,4,6,12,14-15H,3,5,7-10H2. The number of rotatable bonds is 3. The Kier molecular flexibility index (Phi) is 4.19. The first kappa shape index (κ1) is 11.4. The molecule has 0 aliphatic carbocycles. The Morgan fingerprint density at radius 2 is 2.12 bits per heavy atom. The minimum absolute atomic E-state index is 0.375. The van der Waals surface area contributed by atoms with Crippen LogP contribution < -0.4 is 5.32 Å². The monoisotopic (exact) mass is 221 g/mol. The fraction of sp³-hybridized carbons (Fsp3) is 0.538. The Bertz CT molecular complexity index is 319. The summed E-state index contributed by atoms with van der Waals surface area (Å²) in [4.78, 5) is 0. The highest BCUT2D eigenvalue weighted by Gasteiger charge is 2.12. The third-order valence-electron chi connectivity index (χ3n) is 3.02. The fourth-order valence-electron chi connectivity index (χ4n) is 2.02. The molecule has 0 saturated carbocycles. The molecule has 0 spiro atoms. The predicted molar refractivity (Wildman–Crippen MR) is 63.4 cm³/mol. The summed E-state index contributed by atoms with van der Waals surface area (Å²) in [5.41, 5.74) is 0.965. The Morgan fingerprint density at radius 1 is 1.25 bits per heavy atom. The number of aromatic hydroxyl groups is 1. The van der Waals surface area contributed by atoms with E-state index in [9.17, 15) is 5.11 Å². The van der Waals surface area contributed by atoms with Crippen LogP contribution in [-0.4, -0.2) is 24.4 Å². The van der Waals surface area contributed by atoms with Crippen LogP contribution in [-0.2, 0) is 11.3 Å². The molecule has 1 unspecified atom stereocenters. The van der Waals surface area contributed by atoms with Crippen molar-refractivity contribution in [2.75, 3.05) is 13.2 Å². The lowest BCUT2D eigenvalue weighted by molar-refractivity contribution is 0.142. The van der Waals surface area contributed by atoms with Crippen LogP contribution in [0.4, 0.5) is 0 Å². The van der Waals surface area contributed by atoms with Gasteiger partial charge in [-0.2, -0.15) is 0 Å². The molecule has 1 aromatic rings. The van der Waals surface area contributed by atoms with Crippen molar-refractivity contribution in [2.45, 2.75) is 31.8 Å². The van der Waals surface area contributed by atoms with Crippen LogP contribution in [0.25, 0.3) is 0 Å². The number of hydrogen-bond acceptors (Lipinski definition) is 3. The van der Waals surface area contributed by atoms with Crippen molar-refractivity contribution >= 4 is 0 Å². The van der Waals surface area contributed by atoms with E-state index >= 15 is 0 Å². The summed E-state index contributed by atoms with van der Waals surface area (Å²) in [6.07, 6.45) is 3.35. The molecule has 0 radical (unpaired) electrons. The zero-order chi connectivity index (χ0) is 11.2. The molecule has 0 amide bonds. The second-order valence-electron chi connectivity index (χ2n) is 4.25. The van der Waals surface area contributed by atoms with Crippen LogP contribution in [0.1, 0.15) is 24.8 Å². The van der Waals surface area contributed by atoms with E-state index in [0.29, 0.717) is 11.8 Å². The maximum absolute atomic E-state index is 9.63. The van der Waals surface area contributed by atoms with E-state index in [1.54, 1.807) is 6.07 Å². The molecule has 1 heterocycles. The van der Waals surface area contributed by atoms with Crippen LogP contribution in [0.3, 0.4) is 0 Å². The average molecular weight is 221 g/mol. The van der Waals surface area contributed by atoms with Crippen LogP contribution in [0, 0.1) is 0 Å². The van der Waals surface area contributed by atoms with Gasteiger partial charge in [0.25, 0.3) is 0 Å². The van der Waals surface area contributed by atoms with E-state index in [0.717, 1.165) is 44.6 Å². The van der Waals surface area contributed by atoms with E-state index < -0.39 is 0 Å². The number of hydrogen-bond donors (Lipinski definition) is 2. The van der Waals surface area contributed by atoms with Gasteiger partial charge in [0, 0.05) is 31.4 Å². The molecule has 0 bridgehead atoms. The Morgan fingerprint density at radius 3 is 3.00 bits per heavy atom. The van der Waals surface area contributed by atoms with Crippen LogP contribution in [0.5, 0.6) is 5.75 Å². The number of benzene rings is 1. The van der Waals surface area contributed by atoms with Gasteiger partial charge in [-0.05, 0) is 25.3 Å². The number of phenols is 1. The van der Waals surface area contributed by atoms with Gasteiger partial charge in [-0.25, -0.2) is 0 Å². The minimum Gasteiger partial charge on any atom is -0.508 e. The molecule has 1 aliphatic heterocycles. The first-order valence-corrected chi connectivity index (χ1v) is 5.94. The number of nitrogens with one attached hydrogen (secondary N) is 1. The van der Waals surface area contributed by atoms with Crippen molar-refractivity contribution in [1.29, 1.82) is 0 Å². The number of ether oxygens (including phenoxy) is 1. The van der Waals surface area contributed by atoms with Crippen molar-refractivity contribution in [3.63, 3.8) is 0 Å². The Hall–Kier alpha value is -1.06. The smallest absolute Gasteiger partial charge is 0.120 e. The molecule has 88 valence electrons. The highest BCUT2D eigenvalue weighted by atomic mass is 16.5. The molecule has 1 fully saturated rings. The van der Waals surface area contributed by atoms with E-state index in [2.05, 4.69) is 5.32 Å². The van der Waals surface area contributed by atoms with Crippen molar-refractivity contribution in [2.24, 2.45) is 0 Å². The highest BCUT2D eigenvalue weighted by Crippen LogP contribution is 2.16. The summed E-state index contributed by atoms with van der Waals surface area (Å²) in [5, 5.41) is 13.1. The van der Waals surface area contributed by atoms with Crippen molar-refractivity contribution < 1.29 is 9.84 Å². The van der Waals surface area contributed by atoms with Gasteiger partial charge in [0.1, 0.15) is 5.75 Å². The molecule has 0 aromatic heterocycles. The average Bonchev–Trinajstić information content (AvgIpc) is 2.56. The third-order valence-corrected chi connectivity index (χ3v) is 3.02. The molecular weight excluding hydrogens is 202 g/mol. The quantitative estimate of drug-likeness (QED) is 0.820. The van der Waals surface area contributed by atoms with Crippen LogP contribution in [0.2, 0.25) is 0 Å². The van der Waals surface area contributed by atoms with Gasteiger partial charge in [-0.15, -0.1) is 0 Å². The van der Waals surface area contributed by atoms with Gasteiger partial charge >= 0.3 is 0 Å². The van der Waals surface area contributed by atoms with Gasteiger partial charge < -0.3 is 15.2 Å². The van der Waals surface area contributed by atoms with E-state index in [1.165, 1.54) is 0 Å². The molecule has 1 aromatic carbocycles. The molecule has 2 rings (SSSR count). The molecule has 1 atom stereocenters. The largest absolute Gasteiger partial charge is 0.508 e. The molecule has 3 heteroatoms. The molecule has 2 N–H and O–H groups in total. The lowest BCUT2D eigenvalue weighted by atomic mass is 10.1. The summed E-state index contributed by atoms with van der Waals surface area (Å²) >= 11 is 0. The lowest BCUT2D eigenvalue weighted by Crippen LogP contribution is -2.28. The topological polar surface area (TPSA) is 41.5 Å². The zero-order valence-corrected chi connectivity index (χ0v) is 9.48.